The van der Waals surface area contributed by atoms with Crippen molar-refractivity contribution in [1.82, 2.24) is 0 Å². The van der Waals surface area contributed by atoms with E-state index in [1.54, 1.807) is 0 Å². The first kappa shape index (κ1) is 8.24. The zero-order chi connectivity index (χ0) is 9.26. The quantitative estimate of drug-likeness (QED) is 0.581. The molecule has 13 heavy (non-hydrogen) atoms. The Bertz CT molecular complexity index is 432. The summed E-state index contributed by atoms with van der Waals surface area (Å²) in [5.41, 5.74) is 4.02. The second-order valence-electron chi connectivity index (χ2n) is 3.31. The van der Waals surface area contributed by atoms with Crippen molar-refractivity contribution in [2.24, 2.45) is 0 Å². The molecule has 0 fully saturated rings. The van der Waals surface area contributed by atoms with Crippen LogP contribution in [0, 0.1) is 6.92 Å². The number of hydrogen-bond donors (Lipinski definition) is 0. The molecule has 2 aromatic rings. The summed E-state index contributed by atoms with van der Waals surface area (Å²) < 4.78 is 2.23. The van der Waals surface area contributed by atoms with Gasteiger partial charge in [-0.05, 0) is 18.6 Å². The summed E-state index contributed by atoms with van der Waals surface area (Å²) in [4.78, 5) is 0. The normalized spacial score (nSPS) is 10.6. The predicted octanol–water partition coefficient (Wildman–Crippen LogP) is 2.30. The molecule has 2 rings (SSSR count). The number of rotatable bonds is 1. The van der Waals surface area contributed by atoms with E-state index in [9.17, 15) is 0 Å². The van der Waals surface area contributed by atoms with Crippen molar-refractivity contribution in [3.05, 3.63) is 47.8 Å². The molecule has 0 unspecified atom stereocenters. The van der Waals surface area contributed by atoms with Gasteiger partial charge >= 0.3 is 0 Å². The van der Waals surface area contributed by atoms with Gasteiger partial charge in [0.15, 0.2) is 11.9 Å². The molecule has 0 atom stereocenters. The van der Waals surface area contributed by atoms with Crippen LogP contribution in [0.4, 0.5) is 0 Å². The predicted molar refractivity (Wildman–Crippen MR) is 53.7 cm³/mol. The molecule has 0 spiro atoms. The van der Waals surface area contributed by atoms with Crippen LogP contribution < -0.4 is 4.40 Å². The molecule has 2 aromatic heterocycles. The lowest BCUT2D eigenvalue weighted by atomic mass is 10.1. The van der Waals surface area contributed by atoms with Crippen molar-refractivity contribution in [2.75, 3.05) is 0 Å². The monoisotopic (exact) mass is 172 g/mol. The third-order valence-electron chi connectivity index (χ3n) is 2.48. The molecule has 0 bridgehead atoms. The smallest absolute Gasteiger partial charge is 0.165 e. The Kier molecular flexibility index (Phi) is 2.01. The van der Waals surface area contributed by atoms with E-state index < -0.39 is 0 Å². The minimum Gasteiger partial charge on any atom is -0.165 e. The van der Waals surface area contributed by atoms with Gasteiger partial charge in [0.25, 0.3) is 0 Å². The van der Waals surface area contributed by atoms with Crippen LogP contribution in [0.3, 0.4) is 0 Å². The van der Waals surface area contributed by atoms with Gasteiger partial charge in [0.05, 0.1) is 0 Å². The topological polar surface area (TPSA) is 4.10 Å². The SMILES string of the molecule is CCc1ccc(C)[n+]2ccccc12. The molecule has 0 saturated carbocycles. The Labute approximate surface area is 78.7 Å². The molecule has 1 nitrogen and oxygen atoms in total. The Morgan fingerprint density at radius 1 is 1.15 bits per heavy atom. The fourth-order valence-corrected chi connectivity index (χ4v) is 1.70. The number of aromatic nitrogens is 1. The van der Waals surface area contributed by atoms with E-state index in [0.717, 1.165) is 6.42 Å². The second-order valence-corrected chi connectivity index (χ2v) is 3.31. The Morgan fingerprint density at radius 2 is 2.00 bits per heavy atom. The summed E-state index contributed by atoms with van der Waals surface area (Å²) >= 11 is 0. The van der Waals surface area contributed by atoms with Crippen LogP contribution in [-0.4, -0.2) is 0 Å². The van der Waals surface area contributed by atoms with Crippen LogP contribution >= 0.6 is 0 Å². The Balaban J connectivity index is 2.84. The van der Waals surface area contributed by atoms with Crippen molar-refractivity contribution in [1.29, 1.82) is 0 Å². The summed E-state index contributed by atoms with van der Waals surface area (Å²) in [5, 5.41) is 0. The van der Waals surface area contributed by atoms with Gasteiger partial charge in [-0.25, -0.2) is 0 Å². The summed E-state index contributed by atoms with van der Waals surface area (Å²) in [5.74, 6) is 0. The highest BCUT2D eigenvalue weighted by molar-refractivity contribution is 5.47. The summed E-state index contributed by atoms with van der Waals surface area (Å²) in [6.07, 6.45) is 3.21. The third kappa shape index (κ3) is 1.31. The van der Waals surface area contributed by atoms with Crippen LogP contribution in [0.1, 0.15) is 18.2 Å². The zero-order valence-electron chi connectivity index (χ0n) is 8.12. The van der Waals surface area contributed by atoms with Crippen LogP contribution in [0.15, 0.2) is 36.5 Å². The molecular formula is C12H14N+. The largest absolute Gasteiger partial charge is 0.214 e. The van der Waals surface area contributed by atoms with E-state index in [4.69, 9.17) is 0 Å². The minimum atomic E-state index is 1.09. The van der Waals surface area contributed by atoms with E-state index in [1.807, 2.05) is 0 Å². The Hall–Kier alpha value is -1.37. The maximum Gasteiger partial charge on any atom is 0.214 e. The number of pyridine rings is 2. The van der Waals surface area contributed by atoms with Gasteiger partial charge in [0.1, 0.15) is 0 Å². The van der Waals surface area contributed by atoms with Gasteiger partial charge in [-0.3, -0.25) is 0 Å². The van der Waals surface area contributed by atoms with Crippen molar-refractivity contribution < 1.29 is 4.40 Å². The van der Waals surface area contributed by atoms with Gasteiger partial charge in [-0.1, -0.05) is 6.92 Å². The molecule has 0 N–H and O–H groups in total. The first-order valence-corrected chi connectivity index (χ1v) is 4.72. The molecule has 0 radical (unpaired) electrons. The second kappa shape index (κ2) is 3.17. The van der Waals surface area contributed by atoms with E-state index in [-0.39, 0.29) is 0 Å². The maximum atomic E-state index is 2.23. The fourth-order valence-electron chi connectivity index (χ4n) is 1.70. The molecule has 0 aliphatic carbocycles. The average molecular weight is 172 g/mol. The van der Waals surface area contributed by atoms with Crippen molar-refractivity contribution in [2.45, 2.75) is 20.3 Å². The van der Waals surface area contributed by atoms with Crippen molar-refractivity contribution in [3.8, 4) is 0 Å². The van der Waals surface area contributed by atoms with Crippen molar-refractivity contribution >= 4 is 5.52 Å². The number of nitrogens with zero attached hydrogens (tertiary/aromatic N) is 1. The number of hydrogen-bond acceptors (Lipinski definition) is 0. The highest BCUT2D eigenvalue weighted by Gasteiger charge is 2.08. The van der Waals surface area contributed by atoms with E-state index >= 15 is 0 Å². The van der Waals surface area contributed by atoms with Crippen LogP contribution in [0.5, 0.6) is 0 Å². The molecule has 0 aromatic carbocycles. The van der Waals surface area contributed by atoms with E-state index in [0.29, 0.717) is 0 Å². The molecule has 2 heterocycles. The van der Waals surface area contributed by atoms with Crippen LogP contribution in [0.2, 0.25) is 0 Å². The maximum absolute atomic E-state index is 2.23. The number of fused-ring (bicyclic) bond motifs is 1. The summed E-state index contributed by atoms with van der Waals surface area (Å²) in [6.45, 7) is 4.32. The number of aryl methyl sites for hydroxylation is 2. The van der Waals surface area contributed by atoms with Gasteiger partial charge < -0.3 is 0 Å². The lowest BCUT2D eigenvalue weighted by Gasteiger charge is -1.99. The van der Waals surface area contributed by atoms with E-state index in [2.05, 4.69) is 54.8 Å². The summed E-state index contributed by atoms with van der Waals surface area (Å²) in [7, 11) is 0. The zero-order valence-corrected chi connectivity index (χ0v) is 8.12. The molecule has 66 valence electrons. The highest BCUT2D eigenvalue weighted by Crippen LogP contribution is 2.07. The van der Waals surface area contributed by atoms with Gasteiger partial charge in [-0.15, -0.1) is 0 Å². The van der Waals surface area contributed by atoms with Gasteiger partial charge in [0.2, 0.25) is 5.52 Å². The van der Waals surface area contributed by atoms with Crippen LogP contribution in [-0.2, 0) is 6.42 Å². The Morgan fingerprint density at radius 3 is 2.77 bits per heavy atom. The molecule has 0 aliphatic rings. The van der Waals surface area contributed by atoms with Crippen molar-refractivity contribution in [3.63, 3.8) is 0 Å². The minimum absolute atomic E-state index is 1.09. The molecule has 0 amide bonds. The summed E-state index contributed by atoms with van der Waals surface area (Å²) in [6, 6.07) is 10.7. The van der Waals surface area contributed by atoms with Gasteiger partial charge in [0, 0.05) is 30.7 Å². The standard InChI is InChI=1S/C12H14N/c1-3-11-8-7-10(2)13-9-5-4-6-12(11)13/h4-9H,3H2,1-2H3/q+1. The van der Waals surface area contributed by atoms with E-state index in [1.165, 1.54) is 16.8 Å². The fraction of sp³-hybridized carbons (Fsp3) is 0.250. The third-order valence-corrected chi connectivity index (χ3v) is 2.48. The molecule has 0 saturated heterocycles. The first-order chi connectivity index (χ1) is 6.33. The lowest BCUT2D eigenvalue weighted by molar-refractivity contribution is -0.520. The average Bonchev–Trinajstić information content (AvgIpc) is 2.19. The highest BCUT2D eigenvalue weighted by atomic mass is 14.9. The molecular weight excluding hydrogens is 158 g/mol. The first-order valence-electron chi connectivity index (χ1n) is 4.72. The van der Waals surface area contributed by atoms with Gasteiger partial charge in [-0.2, -0.15) is 4.40 Å². The molecule has 0 aliphatic heterocycles. The lowest BCUT2D eigenvalue weighted by Crippen LogP contribution is -2.25. The molecule has 1 heteroatoms. The van der Waals surface area contributed by atoms with Crippen LogP contribution in [0.25, 0.3) is 5.52 Å².